The van der Waals surface area contributed by atoms with Crippen molar-refractivity contribution in [2.75, 3.05) is 44.7 Å². The highest BCUT2D eigenvalue weighted by molar-refractivity contribution is 5.91. The number of nitrogens with zero attached hydrogens (tertiary/aromatic N) is 7. The zero-order valence-corrected chi connectivity index (χ0v) is 23.6. The number of carbonyl (C=O) groups excluding carboxylic acids is 1. The lowest BCUT2D eigenvalue weighted by Crippen LogP contribution is -2.55. The zero-order valence-electron chi connectivity index (χ0n) is 23.6. The number of aromatic nitrogens is 4. The number of hydrogen-bond acceptors (Lipinski definition) is 9. The van der Waals surface area contributed by atoms with Gasteiger partial charge in [0.25, 0.3) is 5.91 Å². The standard InChI is InChI=1S/C29H34FN9O3/c1-18(30)27(40)39-12-11-38(14-20(39)8-9-31)26-22-15-37(13-19-5-3-7-23-25(19)34-28(41)32-23)16-24(22)33-29(35-26)42-17-21-6-4-10-36(21)2/h3,5,7,20-21H,1,4,6,8,10-17H2,2H3,(H2,32,34,41)/t20-,21-/m0/s1. The van der Waals surface area contributed by atoms with Crippen LogP contribution in [0.3, 0.4) is 0 Å². The summed E-state index contributed by atoms with van der Waals surface area (Å²) in [6, 6.07) is 8.01. The molecule has 0 unspecified atom stereocenters. The van der Waals surface area contributed by atoms with Crippen LogP contribution in [0.25, 0.3) is 11.0 Å². The molecule has 0 bridgehead atoms. The number of aromatic amines is 2. The van der Waals surface area contributed by atoms with Gasteiger partial charge in [0.15, 0.2) is 5.83 Å². The molecule has 42 heavy (non-hydrogen) atoms. The van der Waals surface area contributed by atoms with E-state index in [2.05, 4.69) is 44.4 Å². The van der Waals surface area contributed by atoms with E-state index in [4.69, 9.17) is 14.7 Å². The number of likely N-dealkylation sites (tertiary alicyclic amines) is 1. The maximum atomic E-state index is 13.8. The molecular weight excluding hydrogens is 541 g/mol. The highest BCUT2D eigenvalue weighted by Gasteiger charge is 2.35. The van der Waals surface area contributed by atoms with Gasteiger partial charge in [0, 0.05) is 50.9 Å². The molecule has 6 rings (SSSR count). The molecular formula is C29H34FN9O3. The zero-order chi connectivity index (χ0) is 29.4. The van der Waals surface area contributed by atoms with Crippen LogP contribution in [0.15, 0.2) is 35.4 Å². The molecule has 3 aromatic rings. The Kier molecular flexibility index (Phi) is 7.66. The monoisotopic (exact) mass is 575 g/mol. The third-order valence-corrected chi connectivity index (χ3v) is 8.52. The Hall–Kier alpha value is -4.28. The molecule has 12 nitrogen and oxygen atoms in total. The van der Waals surface area contributed by atoms with Gasteiger partial charge in [-0.15, -0.1) is 0 Å². The normalized spacial score (nSPS) is 21.1. The highest BCUT2D eigenvalue weighted by atomic mass is 19.1. The number of fused-ring (bicyclic) bond motifs is 2. The molecule has 0 aliphatic carbocycles. The molecule has 2 fully saturated rings. The van der Waals surface area contributed by atoms with Crippen LogP contribution >= 0.6 is 0 Å². The van der Waals surface area contributed by atoms with E-state index >= 15 is 0 Å². The summed E-state index contributed by atoms with van der Waals surface area (Å²) in [5.74, 6) is -1.10. The Balaban J connectivity index is 1.28. The first-order valence-electron chi connectivity index (χ1n) is 14.2. The number of imidazole rings is 1. The minimum atomic E-state index is -1.03. The lowest BCUT2D eigenvalue weighted by molar-refractivity contribution is -0.131. The minimum absolute atomic E-state index is 0.0607. The summed E-state index contributed by atoms with van der Waals surface area (Å²) in [5, 5.41) is 9.46. The molecule has 3 aliphatic heterocycles. The van der Waals surface area contributed by atoms with Gasteiger partial charge in [-0.2, -0.15) is 15.2 Å². The van der Waals surface area contributed by atoms with Gasteiger partial charge in [0.1, 0.15) is 12.4 Å². The fourth-order valence-electron chi connectivity index (χ4n) is 6.32. The second kappa shape index (κ2) is 11.5. The van der Waals surface area contributed by atoms with Gasteiger partial charge in [0.2, 0.25) is 0 Å². The number of carbonyl (C=O) groups is 1. The number of rotatable bonds is 8. The SMILES string of the molecule is C=C(F)C(=O)N1CCN(c2nc(OC[C@@H]3CCCN3C)nc3c2CN(Cc2cccc4[nH]c(=O)[nH]c24)C3)C[C@@H]1CC#N. The summed E-state index contributed by atoms with van der Waals surface area (Å²) in [4.78, 5) is 47.7. The van der Waals surface area contributed by atoms with E-state index in [9.17, 15) is 19.2 Å². The second-order valence-corrected chi connectivity index (χ2v) is 11.3. The molecule has 1 amide bonds. The highest BCUT2D eigenvalue weighted by Crippen LogP contribution is 2.34. The summed E-state index contributed by atoms with van der Waals surface area (Å²) in [6.07, 6.45) is 2.25. The first-order valence-corrected chi connectivity index (χ1v) is 14.2. The Labute approximate surface area is 242 Å². The van der Waals surface area contributed by atoms with E-state index < -0.39 is 17.8 Å². The Morgan fingerprint density at radius 1 is 1.21 bits per heavy atom. The van der Waals surface area contributed by atoms with Crippen LogP contribution in [0.5, 0.6) is 6.01 Å². The summed E-state index contributed by atoms with van der Waals surface area (Å²) in [6.45, 7) is 7.38. The number of anilines is 1. The van der Waals surface area contributed by atoms with Crippen LogP contribution in [0.1, 0.15) is 36.1 Å². The van der Waals surface area contributed by atoms with Crippen LogP contribution in [-0.2, 0) is 24.4 Å². The van der Waals surface area contributed by atoms with E-state index in [0.29, 0.717) is 57.2 Å². The van der Waals surface area contributed by atoms with Crippen LogP contribution in [0.2, 0.25) is 0 Å². The summed E-state index contributed by atoms with van der Waals surface area (Å²) in [7, 11) is 2.09. The largest absolute Gasteiger partial charge is 0.462 e. The Morgan fingerprint density at radius 2 is 2.07 bits per heavy atom. The summed E-state index contributed by atoms with van der Waals surface area (Å²) < 4.78 is 19.9. The van der Waals surface area contributed by atoms with E-state index in [-0.39, 0.29) is 18.7 Å². The fourth-order valence-corrected chi connectivity index (χ4v) is 6.32. The smallest absolute Gasteiger partial charge is 0.323 e. The number of nitriles is 1. The molecule has 5 heterocycles. The van der Waals surface area contributed by atoms with Gasteiger partial charge in [0.05, 0.1) is 35.3 Å². The minimum Gasteiger partial charge on any atom is -0.462 e. The van der Waals surface area contributed by atoms with Crippen molar-refractivity contribution in [3.8, 4) is 12.1 Å². The van der Waals surface area contributed by atoms with Gasteiger partial charge in [-0.05, 0) is 38.1 Å². The summed E-state index contributed by atoms with van der Waals surface area (Å²) in [5.41, 5.74) is 4.10. The number of para-hydroxylation sites is 1. The molecule has 2 saturated heterocycles. The van der Waals surface area contributed by atoms with Crippen LogP contribution < -0.4 is 15.3 Å². The molecule has 0 radical (unpaired) electrons. The van der Waals surface area contributed by atoms with Crippen LogP contribution in [-0.4, -0.2) is 92.5 Å². The summed E-state index contributed by atoms with van der Waals surface area (Å²) >= 11 is 0. The van der Waals surface area contributed by atoms with Crippen molar-refractivity contribution >= 4 is 22.8 Å². The molecule has 3 aliphatic rings. The van der Waals surface area contributed by atoms with Gasteiger partial charge in [-0.25, -0.2) is 9.18 Å². The molecule has 2 N–H and O–H groups in total. The number of nitrogens with one attached hydrogen (secondary N) is 2. The van der Waals surface area contributed by atoms with Gasteiger partial charge >= 0.3 is 11.7 Å². The van der Waals surface area contributed by atoms with E-state index in [1.807, 2.05) is 18.2 Å². The number of amides is 1. The van der Waals surface area contributed by atoms with Gasteiger partial charge < -0.3 is 29.4 Å². The van der Waals surface area contributed by atoms with Crippen molar-refractivity contribution in [3.05, 3.63) is 57.9 Å². The van der Waals surface area contributed by atoms with Crippen molar-refractivity contribution in [2.24, 2.45) is 0 Å². The van der Waals surface area contributed by atoms with E-state index in [0.717, 1.165) is 47.2 Å². The fraction of sp³-hybridized carbons (Fsp3) is 0.483. The second-order valence-electron chi connectivity index (χ2n) is 11.3. The maximum absolute atomic E-state index is 13.8. The maximum Gasteiger partial charge on any atom is 0.323 e. The topological polar surface area (TPSA) is 137 Å². The molecule has 0 saturated carbocycles. The molecule has 2 aromatic heterocycles. The van der Waals surface area contributed by atoms with E-state index in [1.54, 1.807) is 0 Å². The number of hydrogen-bond donors (Lipinski definition) is 2. The first-order chi connectivity index (χ1) is 20.3. The molecule has 2 atom stereocenters. The van der Waals surface area contributed by atoms with Crippen molar-refractivity contribution in [2.45, 2.75) is 51.0 Å². The number of piperazine rings is 1. The van der Waals surface area contributed by atoms with Crippen molar-refractivity contribution < 1.29 is 13.9 Å². The molecule has 1 aromatic carbocycles. The van der Waals surface area contributed by atoms with Crippen LogP contribution in [0, 0.1) is 11.3 Å². The van der Waals surface area contributed by atoms with Gasteiger partial charge in [-0.1, -0.05) is 18.7 Å². The van der Waals surface area contributed by atoms with Crippen molar-refractivity contribution in [1.29, 1.82) is 5.26 Å². The Bertz CT molecular complexity index is 1610. The van der Waals surface area contributed by atoms with Gasteiger partial charge in [-0.3, -0.25) is 9.69 Å². The first kappa shape index (κ1) is 27.9. The Morgan fingerprint density at radius 3 is 2.83 bits per heavy atom. The predicted molar refractivity (Wildman–Crippen MR) is 153 cm³/mol. The quantitative estimate of drug-likeness (QED) is 0.387. The average molecular weight is 576 g/mol. The number of H-pyrrole nitrogens is 2. The lowest BCUT2D eigenvalue weighted by Gasteiger charge is -2.41. The average Bonchev–Trinajstić information content (AvgIpc) is 3.68. The molecule has 0 spiro atoms. The molecule has 13 heteroatoms. The van der Waals surface area contributed by atoms with Crippen molar-refractivity contribution in [1.82, 2.24) is 34.6 Å². The predicted octanol–water partition coefficient (Wildman–Crippen LogP) is 2.05. The van der Waals surface area contributed by atoms with E-state index in [1.165, 1.54) is 4.90 Å². The third kappa shape index (κ3) is 5.47. The van der Waals surface area contributed by atoms with Crippen LogP contribution in [0.4, 0.5) is 10.2 Å². The molecule has 220 valence electrons. The number of likely N-dealkylation sites (N-methyl/N-ethyl adjacent to an activating group) is 1. The number of halogens is 1. The lowest BCUT2D eigenvalue weighted by atomic mass is 10.1. The third-order valence-electron chi connectivity index (χ3n) is 8.52. The number of ether oxygens (including phenoxy) is 1. The van der Waals surface area contributed by atoms with Crippen molar-refractivity contribution in [3.63, 3.8) is 0 Å². The number of benzene rings is 1.